The van der Waals surface area contributed by atoms with Crippen LogP contribution in [0.5, 0.6) is 0 Å². The molecule has 146 valence electrons. The van der Waals surface area contributed by atoms with Crippen LogP contribution < -0.4 is 11.5 Å². The molecule has 1 amide bonds. The van der Waals surface area contributed by atoms with Gasteiger partial charge in [0.2, 0.25) is 0 Å². The molecule has 1 aromatic heterocycles. The van der Waals surface area contributed by atoms with E-state index < -0.39 is 29.4 Å². The Morgan fingerprint density at radius 2 is 1.93 bits per heavy atom. The van der Waals surface area contributed by atoms with Crippen molar-refractivity contribution in [3.05, 3.63) is 71.7 Å². The lowest BCUT2D eigenvalue weighted by Gasteiger charge is -2.14. The van der Waals surface area contributed by atoms with Crippen LogP contribution in [0.3, 0.4) is 0 Å². The second kappa shape index (κ2) is 8.03. The molecule has 0 fully saturated rings. The smallest absolute Gasteiger partial charge is 0.370 e. The van der Waals surface area contributed by atoms with E-state index in [0.29, 0.717) is 11.6 Å². The van der Waals surface area contributed by atoms with Crippen molar-refractivity contribution in [2.24, 2.45) is 16.5 Å². The predicted octanol–water partition coefficient (Wildman–Crippen LogP) is 4.02. The average Bonchev–Trinajstić information content (AvgIpc) is 2.61. The summed E-state index contributed by atoms with van der Waals surface area (Å²) in [5.74, 6) is -2.68. The molecule has 2 rings (SSSR count). The Morgan fingerprint density at radius 1 is 1.25 bits per heavy atom. The van der Waals surface area contributed by atoms with Gasteiger partial charge in [-0.05, 0) is 36.8 Å². The maximum atomic E-state index is 14.8. The first-order valence-corrected chi connectivity index (χ1v) is 7.89. The normalized spacial score (nSPS) is 13.1. The molecule has 28 heavy (non-hydrogen) atoms. The van der Waals surface area contributed by atoms with Crippen LogP contribution in [0, 0.1) is 0 Å². The molecule has 0 radical (unpaired) electrons. The Bertz CT molecular complexity index is 1030. The van der Waals surface area contributed by atoms with E-state index in [1.54, 1.807) is 0 Å². The van der Waals surface area contributed by atoms with Crippen LogP contribution in [0.2, 0.25) is 0 Å². The molecule has 0 atom stereocenters. The average molecular weight is 392 g/mol. The molecule has 0 aliphatic carbocycles. The van der Waals surface area contributed by atoms with Crippen molar-refractivity contribution >= 4 is 28.3 Å². The van der Waals surface area contributed by atoms with Crippen LogP contribution in [0.1, 0.15) is 22.8 Å². The molecule has 0 bridgehead atoms. The van der Waals surface area contributed by atoms with Crippen LogP contribution >= 0.6 is 0 Å². The lowest BCUT2D eigenvalue weighted by atomic mass is 9.96. The minimum atomic E-state index is -4.92. The van der Waals surface area contributed by atoms with Crippen LogP contribution in [-0.2, 0) is 0 Å². The van der Waals surface area contributed by atoms with E-state index in [2.05, 4.69) is 16.6 Å². The number of hydrogen-bond donors (Lipinski definition) is 2. The highest BCUT2D eigenvalue weighted by molar-refractivity contribution is 6.05. The number of aromatic nitrogens is 1. The van der Waals surface area contributed by atoms with Crippen molar-refractivity contribution in [2.45, 2.75) is 13.1 Å². The summed E-state index contributed by atoms with van der Waals surface area (Å²) in [7, 11) is 0. The molecule has 4 N–H and O–H groups in total. The first kappa shape index (κ1) is 20.8. The van der Waals surface area contributed by atoms with Crippen molar-refractivity contribution < 1.29 is 22.4 Å². The third-order valence-electron chi connectivity index (χ3n) is 3.78. The fourth-order valence-electron chi connectivity index (χ4n) is 2.57. The lowest BCUT2D eigenvalue weighted by Crippen LogP contribution is -2.24. The van der Waals surface area contributed by atoms with Crippen LogP contribution in [0.4, 0.5) is 17.6 Å². The summed E-state index contributed by atoms with van der Waals surface area (Å²) in [6.07, 6.45) is -1.98. The van der Waals surface area contributed by atoms with Gasteiger partial charge >= 0.3 is 6.18 Å². The summed E-state index contributed by atoms with van der Waals surface area (Å²) in [5.41, 5.74) is 9.08. The zero-order chi connectivity index (χ0) is 21.1. The lowest BCUT2D eigenvalue weighted by molar-refractivity contribution is -0.0896. The molecular weight excluding hydrogens is 376 g/mol. The highest BCUT2D eigenvalue weighted by Crippen LogP contribution is 2.37. The Balaban J connectivity index is 2.75. The fourth-order valence-corrected chi connectivity index (χ4v) is 2.57. The minimum absolute atomic E-state index is 0.0646. The summed E-state index contributed by atoms with van der Waals surface area (Å²) >= 11 is 0. The quantitative estimate of drug-likeness (QED) is 0.356. The number of alkyl halides is 3. The molecule has 1 aromatic carbocycles. The Morgan fingerprint density at radius 3 is 2.46 bits per heavy atom. The molecule has 9 heteroatoms. The van der Waals surface area contributed by atoms with Crippen molar-refractivity contribution in [3.8, 4) is 0 Å². The second-order valence-electron chi connectivity index (χ2n) is 5.56. The number of fused-ring (bicyclic) bond motifs is 1. The third-order valence-corrected chi connectivity index (χ3v) is 3.78. The van der Waals surface area contributed by atoms with Crippen LogP contribution in [0.15, 0.2) is 65.6 Å². The van der Waals surface area contributed by atoms with Crippen molar-refractivity contribution in [1.82, 2.24) is 4.98 Å². The van der Waals surface area contributed by atoms with E-state index in [-0.39, 0.29) is 22.1 Å². The number of allylic oxidation sites excluding steroid dienone is 5. The van der Waals surface area contributed by atoms with Gasteiger partial charge in [0, 0.05) is 22.7 Å². The number of amides is 1. The zero-order valence-corrected chi connectivity index (χ0v) is 14.7. The van der Waals surface area contributed by atoms with Gasteiger partial charge in [-0.1, -0.05) is 18.7 Å². The van der Waals surface area contributed by atoms with E-state index in [0.717, 1.165) is 0 Å². The Kier molecular flexibility index (Phi) is 5.97. The van der Waals surface area contributed by atoms with Gasteiger partial charge in [-0.3, -0.25) is 9.78 Å². The number of carbonyl (C=O) groups is 1. The summed E-state index contributed by atoms with van der Waals surface area (Å²) in [4.78, 5) is 19.5. The topological polar surface area (TPSA) is 94.4 Å². The number of halogens is 4. The van der Waals surface area contributed by atoms with Gasteiger partial charge in [-0.25, -0.2) is 4.39 Å². The summed E-state index contributed by atoms with van der Waals surface area (Å²) in [6.45, 7) is 4.44. The number of guanidine groups is 1. The van der Waals surface area contributed by atoms with Gasteiger partial charge in [0.05, 0.1) is 11.1 Å². The van der Waals surface area contributed by atoms with E-state index in [4.69, 9.17) is 11.5 Å². The molecule has 0 saturated carbocycles. The number of carbonyl (C=O) groups excluding carboxylic acids is 1. The molecule has 2 aromatic rings. The molecule has 0 aliphatic heterocycles. The second-order valence-corrected chi connectivity index (χ2v) is 5.56. The number of rotatable bonds is 4. The Labute approximate surface area is 157 Å². The van der Waals surface area contributed by atoms with Gasteiger partial charge in [0.25, 0.3) is 5.91 Å². The maximum absolute atomic E-state index is 14.8. The molecule has 0 unspecified atom stereocenters. The number of pyridine rings is 1. The maximum Gasteiger partial charge on any atom is 0.419 e. The summed E-state index contributed by atoms with van der Waals surface area (Å²) in [5, 5.41) is 0.257. The van der Waals surface area contributed by atoms with Gasteiger partial charge in [0.15, 0.2) is 5.96 Å². The number of aliphatic imine (C=N–C) groups is 1. The first-order valence-electron chi connectivity index (χ1n) is 7.89. The largest absolute Gasteiger partial charge is 0.419 e. The van der Waals surface area contributed by atoms with Crippen LogP contribution in [0.25, 0.3) is 16.5 Å². The molecular formula is C19H16F4N4O. The third kappa shape index (κ3) is 4.25. The Hall–Kier alpha value is -3.49. The predicted molar refractivity (Wildman–Crippen MR) is 99.9 cm³/mol. The number of benzene rings is 1. The number of hydrogen-bond acceptors (Lipinski definition) is 2. The summed E-state index contributed by atoms with van der Waals surface area (Å²) < 4.78 is 54.0. The number of nitrogens with zero attached hydrogens (tertiary/aromatic N) is 2. The van der Waals surface area contributed by atoms with E-state index in [1.165, 1.54) is 43.5 Å². The van der Waals surface area contributed by atoms with Crippen LogP contribution in [-0.4, -0.2) is 23.0 Å². The fraction of sp³-hybridized carbons (Fsp3) is 0.105. The van der Waals surface area contributed by atoms with Crippen molar-refractivity contribution in [1.29, 1.82) is 0 Å². The molecule has 1 heterocycles. The number of nitrogens with two attached hydrogens (primary N) is 2. The highest BCUT2D eigenvalue weighted by Gasteiger charge is 2.36. The van der Waals surface area contributed by atoms with E-state index in [9.17, 15) is 22.4 Å². The molecule has 0 spiro atoms. The molecule has 0 saturated heterocycles. The van der Waals surface area contributed by atoms with Crippen molar-refractivity contribution in [2.75, 3.05) is 0 Å². The SMILES string of the molecule is C=C/C(=C(F)\C(=C/C)c1ccnc2ccc(C(=O)N=C(N)N)cc12)C(F)(F)F. The molecule has 5 nitrogen and oxygen atoms in total. The zero-order valence-electron chi connectivity index (χ0n) is 14.7. The monoisotopic (exact) mass is 392 g/mol. The van der Waals surface area contributed by atoms with E-state index >= 15 is 0 Å². The van der Waals surface area contributed by atoms with Gasteiger partial charge < -0.3 is 11.5 Å². The van der Waals surface area contributed by atoms with Gasteiger partial charge in [-0.2, -0.15) is 18.2 Å². The standard InChI is InChI=1S/C19H16F4N4O/c1-3-11(16(20)14(4-2)19(21,22)23)12-7-8-26-15-6-5-10(9-13(12)15)17(28)27-18(24)25/h3-9H,2H2,1H3,(H4,24,25,27,28)/b11-3-,16-14-. The summed E-state index contributed by atoms with van der Waals surface area (Å²) in [6, 6.07) is 5.55. The van der Waals surface area contributed by atoms with E-state index in [1.807, 2.05) is 0 Å². The minimum Gasteiger partial charge on any atom is -0.370 e. The highest BCUT2D eigenvalue weighted by atomic mass is 19.4. The van der Waals surface area contributed by atoms with Crippen molar-refractivity contribution in [3.63, 3.8) is 0 Å². The van der Waals surface area contributed by atoms with Gasteiger partial charge in [-0.15, -0.1) is 0 Å². The molecule has 0 aliphatic rings. The van der Waals surface area contributed by atoms with Gasteiger partial charge in [0.1, 0.15) is 5.83 Å². The first-order chi connectivity index (χ1) is 13.1.